The summed E-state index contributed by atoms with van der Waals surface area (Å²) in [6.07, 6.45) is 3.09. The molecule has 3 atom stereocenters. The summed E-state index contributed by atoms with van der Waals surface area (Å²) in [6, 6.07) is 31.8. The lowest BCUT2D eigenvalue weighted by atomic mass is 9.77. The van der Waals surface area contributed by atoms with Crippen LogP contribution in [0.5, 0.6) is 5.75 Å². The van der Waals surface area contributed by atoms with Crippen molar-refractivity contribution < 1.29 is 14.6 Å². The quantitative estimate of drug-likeness (QED) is 0.183. The van der Waals surface area contributed by atoms with Gasteiger partial charge in [0.1, 0.15) is 5.75 Å². The molecule has 1 saturated carbocycles. The number of ether oxygens (including phenoxy) is 1. The van der Waals surface area contributed by atoms with Crippen LogP contribution >= 0.6 is 23.4 Å². The number of hydrogen-bond donors (Lipinski definition) is 2. The molecule has 0 spiro atoms. The zero-order valence-corrected chi connectivity index (χ0v) is 24.8. The van der Waals surface area contributed by atoms with E-state index in [-0.39, 0.29) is 12.0 Å². The van der Waals surface area contributed by atoms with E-state index in [4.69, 9.17) is 16.3 Å². The van der Waals surface area contributed by atoms with Crippen molar-refractivity contribution >= 4 is 35.0 Å². The number of carbonyl (C=O) groups excluding carboxylic acids is 1. The maximum atomic E-state index is 12.4. The molecule has 0 aliphatic heterocycles. The van der Waals surface area contributed by atoms with Crippen LogP contribution in [0.3, 0.4) is 0 Å². The standard InChI is InChI=1S/C35H36ClNO3S/c1-2-40-32-13-8-24(9-14-32)18-29-21-27(10-17-34(29)36)28-19-25(20-31(38)22-28)23-41-33-15-11-30(12-16-33)37-35(39)26-6-4-3-5-7-26/h3-17,21,25,28,31,38H,2,18-20,22-23H2,1H3,(H,37,39). The molecule has 5 rings (SSSR count). The van der Waals surface area contributed by atoms with Crippen molar-refractivity contribution in [3.05, 3.63) is 124 Å². The third-order valence-corrected chi connectivity index (χ3v) is 9.20. The Labute approximate surface area is 252 Å². The zero-order valence-electron chi connectivity index (χ0n) is 23.3. The average molecular weight is 586 g/mol. The molecule has 212 valence electrons. The summed E-state index contributed by atoms with van der Waals surface area (Å²) in [6.45, 7) is 2.64. The van der Waals surface area contributed by atoms with Gasteiger partial charge in [0.25, 0.3) is 5.91 Å². The van der Waals surface area contributed by atoms with Crippen LogP contribution in [-0.2, 0) is 6.42 Å². The molecule has 4 aromatic rings. The van der Waals surface area contributed by atoms with E-state index in [0.717, 1.165) is 58.4 Å². The Morgan fingerprint density at radius 3 is 2.44 bits per heavy atom. The van der Waals surface area contributed by atoms with Crippen molar-refractivity contribution in [3.8, 4) is 5.75 Å². The van der Waals surface area contributed by atoms with E-state index in [1.807, 2.05) is 67.6 Å². The van der Waals surface area contributed by atoms with Crippen molar-refractivity contribution in [2.75, 3.05) is 17.7 Å². The zero-order chi connectivity index (χ0) is 28.6. The first-order valence-electron chi connectivity index (χ1n) is 14.2. The second-order valence-corrected chi connectivity index (χ2v) is 12.2. The summed E-state index contributed by atoms with van der Waals surface area (Å²) in [5.74, 6) is 2.42. The second-order valence-electron chi connectivity index (χ2n) is 10.7. The van der Waals surface area contributed by atoms with E-state index in [0.29, 0.717) is 24.0 Å². The molecule has 4 aromatic carbocycles. The Bertz CT molecular complexity index is 1430. The monoisotopic (exact) mass is 585 g/mol. The normalized spacial score (nSPS) is 18.6. The second kappa shape index (κ2) is 14.1. The van der Waals surface area contributed by atoms with E-state index >= 15 is 0 Å². The molecule has 0 heterocycles. The predicted molar refractivity (Wildman–Crippen MR) is 170 cm³/mol. The predicted octanol–water partition coefficient (Wildman–Crippen LogP) is 8.62. The van der Waals surface area contributed by atoms with Crippen LogP contribution in [0.1, 0.15) is 59.2 Å². The Morgan fingerprint density at radius 2 is 1.71 bits per heavy atom. The van der Waals surface area contributed by atoms with Gasteiger partial charge in [0.15, 0.2) is 0 Å². The van der Waals surface area contributed by atoms with Gasteiger partial charge in [-0.05, 0) is 116 Å². The minimum atomic E-state index is -0.305. The molecule has 1 fully saturated rings. The van der Waals surface area contributed by atoms with Gasteiger partial charge in [-0.25, -0.2) is 0 Å². The lowest BCUT2D eigenvalue weighted by Gasteiger charge is -2.33. The largest absolute Gasteiger partial charge is 0.494 e. The van der Waals surface area contributed by atoms with Gasteiger partial charge >= 0.3 is 0 Å². The Balaban J connectivity index is 1.18. The average Bonchev–Trinajstić information content (AvgIpc) is 2.99. The lowest BCUT2D eigenvalue weighted by molar-refractivity contribution is 0.0957. The number of anilines is 1. The Morgan fingerprint density at radius 1 is 0.951 bits per heavy atom. The minimum Gasteiger partial charge on any atom is -0.494 e. The van der Waals surface area contributed by atoms with Crippen molar-refractivity contribution in [2.24, 2.45) is 5.92 Å². The molecule has 2 N–H and O–H groups in total. The number of aliphatic hydroxyl groups excluding tert-OH is 1. The molecular weight excluding hydrogens is 550 g/mol. The van der Waals surface area contributed by atoms with Crippen LogP contribution in [-0.4, -0.2) is 29.5 Å². The molecule has 0 aromatic heterocycles. The Kier molecular flexibility index (Phi) is 10.0. The molecule has 6 heteroatoms. The molecule has 1 aliphatic rings. The van der Waals surface area contributed by atoms with Crippen LogP contribution in [0.4, 0.5) is 5.69 Å². The maximum absolute atomic E-state index is 12.4. The summed E-state index contributed by atoms with van der Waals surface area (Å²) >= 11 is 8.42. The fraction of sp³-hybridized carbons (Fsp3) is 0.286. The molecule has 3 unspecified atom stereocenters. The van der Waals surface area contributed by atoms with E-state index in [1.54, 1.807) is 23.9 Å². The van der Waals surface area contributed by atoms with E-state index in [2.05, 4.69) is 29.6 Å². The van der Waals surface area contributed by atoms with E-state index < -0.39 is 0 Å². The third-order valence-electron chi connectivity index (χ3n) is 7.58. The SMILES string of the molecule is CCOc1ccc(Cc2cc(C3CC(O)CC(CSc4ccc(NC(=O)c5ccccc5)cc4)C3)ccc2Cl)cc1. The van der Waals surface area contributed by atoms with Gasteiger partial charge in [-0.1, -0.05) is 54.1 Å². The molecule has 41 heavy (non-hydrogen) atoms. The van der Waals surface area contributed by atoms with Crippen LogP contribution in [0.25, 0.3) is 0 Å². The highest BCUT2D eigenvalue weighted by Crippen LogP contribution is 2.40. The fourth-order valence-electron chi connectivity index (χ4n) is 5.53. The smallest absolute Gasteiger partial charge is 0.255 e. The van der Waals surface area contributed by atoms with Crippen LogP contribution in [0, 0.1) is 5.92 Å². The first-order valence-corrected chi connectivity index (χ1v) is 15.6. The maximum Gasteiger partial charge on any atom is 0.255 e. The van der Waals surface area contributed by atoms with Gasteiger partial charge in [-0.2, -0.15) is 0 Å². The number of carbonyl (C=O) groups is 1. The number of aliphatic hydroxyl groups is 1. The molecule has 0 radical (unpaired) electrons. The molecule has 0 bridgehead atoms. The highest BCUT2D eigenvalue weighted by molar-refractivity contribution is 7.99. The number of halogens is 1. The van der Waals surface area contributed by atoms with E-state index in [1.165, 1.54) is 11.1 Å². The summed E-state index contributed by atoms with van der Waals surface area (Å²) in [7, 11) is 0. The van der Waals surface area contributed by atoms with Crippen molar-refractivity contribution in [1.29, 1.82) is 0 Å². The topological polar surface area (TPSA) is 58.6 Å². The van der Waals surface area contributed by atoms with Gasteiger partial charge in [0, 0.05) is 26.9 Å². The number of amides is 1. The van der Waals surface area contributed by atoms with Gasteiger partial charge in [0.05, 0.1) is 12.7 Å². The molecule has 4 nitrogen and oxygen atoms in total. The summed E-state index contributed by atoms with van der Waals surface area (Å²) in [4.78, 5) is 13.6. The third kappa shape index (κ3) is 8.16. The van der Waals surface area contributed by atoms with E-state index in [9.17, 15) is 9.90 Å². The van der Waals surface area contributed by atoms with Gasteiger partial charge in [-0.15, -0.1) is 11.8 Å². The number of nitrogens with one attached hydrogen (secondary N) is 1. The highest BCUT2D eigenvalue weighted by atomic mass is 35.5. The fourth-order valence-corrected chi connectivity index (χ4v) is 6.74. The molecule has 1 aliphatic carbocycles. The first-order chi connectivity index (χ1) is 20.0. The highest BCUT2D eigenvalue weighted by Gasteiger charge is 2.29. The van der Waals surface area contributed by atoms with Crippen LogP contribution in [0.2, 0.25) is 5.02 Å². The van der Waals surface area contributed by atoms with Crippen molar-refractivity contribution in [1.82, 2.24) is 0 Å². The van der Waals surface area contributed by atoms with Gasteiger partial charge < -0.3 is 15.2 Å². The lowest BCUT2D eigenvalue weighted by Crippen LogP contribution is -2.26. The Hall–Kier alpha value is -3.25. The van der Waals surface area contributed by atoms with Crippen LogP contribution < -0.4 is 10.1 Å². The van der Waals surface area contributed by atoms with Crippen molar-refractivity contribution in [3.63, 3.8) is 0 Å². The molecule has 1 amide bonds. The molecular formula is C35H36ClNO3S. The number of hydrogen-bond acceptors (Lipinski definition) is 4. The number of rotatable bonds is 10. The number of benzene rings is 4. The first kappa shape index (κ1) is 29.2. The van der Waals surface area contributed by atoms with Gasteiger partial charge in [0.2, 0.25) is 0 Å². The van der Waals surface area contributed by atoms with Crippen LogP contribution in [0.15, 0.2) is 102 Å². The summed E-state index contributed by atoms with van der Waals surface area (Å²) in [5.41, 5.74) is 4.97. The minimum absolute atomic E-state index is 0.113. The van der Waals surface area contributed by atoms with Gasteiger partial charge in [-0.3, -0.25) is 4.79 Å². The van der Waals surface area contributed by atoms with Crippen molar-refractivity contribution in [2.45, 2.75) is 49.5 Å². The summed E-state index contributed by atoms with van der Waals surface area (Å²) in [5, 5.41) is 14.5. The number of thioether (sulfide) groups is 1. The molecule has 0 saturated heterocycles. The summed E-state index contributed by atoms with van der Waals surface area (Å²) < 4.78 is 5.57.